The highest BCUT2D eigenvalue weighted by molar-refractivity contribution is 9.10. The summed E-state index contributed by atoms with van der Waals surface area (Å²) in [4.78, 5) is 12.9. The molecule has 0 radical (unpaired) electrons. The van der Waals surface area contributed by atoms with Crippen LogP contribution in [0.2, 0.25) is 0 Å². The van der Waals surface area contributed by atoms with E-state index in [0.29, 0.717) is 5.75 Å². The van der Waals surface area contributed by atoms with Crippen LogP contribution in [0.1, 0.15) is 37.7 Å². The molecule has 4 rings (SSSR count). The van der Waals surface area contributed by atoms with Crippen molar-refractivity contribution < 1.29 is 17.9 Å². The first kappa shape index (κ1) is 26.1. The highest BCUT2D eigenvalue weighted by Gasteiger charge is 2.33. The highest BCUT2D eigenvalue weighted by atomic mass is 79.9. The second-order valence-electron chi connectivity index (χ2n) is 8.58. The van der Waals surface area contributed by atoms with Crippen molar-refractivity contribution in [2.75, 3.05) is 6.54 Å². The molecule has 0 saturated heterocycles. The van der Waals surface area contributed by atoms with Crippen LogP contribution in [0.15, 0.2) is 93.3 Å². The van der Waals surface area contributed by atoms with E-state index in [1.807, 2.05) is 48.5 Å². The van der Waals surface area contributed by atoms with Gasteiger partial charge in [-0.05, 0) is 66.9 Å². The van der Waals surface area contributed by atoms with Gasteiger partial charge in [0.2, 0.25) is 10.0 Å². The maximum atomic E-state index is 13.4. The molecule has 36 heavy (non-hydrogen) atoms. The predicted octanol–water partition coefficient (Wildman–Crippen LogP) is 5.72. The number of para-hydroxylation sites is 1. The minimum absolute atomic E-state index is 0.169. The zero-order chi connectivity index (χ0) is 25.4. The second kappa shape index (κ2) is 12.3. The molecule has 0 spiro atoms. The van der Waals surface area contributed by atoms with Crippen LogP contribution in [0, 0.1) is 0 Å². The summed E-state index contributed by atoms with van der Waals surface area (Å²) in [5, 5.41) is 4.05. The van der Waals surface area contributed by atoms with E-state index in [1.165, 1.54) is 10.5 Å². The van der Waals surface area contributed by atoms with Crippen LogP contribution in [-0.2, 0) is 14.8 Å². The SMILES string of the molecule is O=C(CN(C1CCCCC1)S(=O)(=O)c1ccc(Br)cc1)N/N=C\c1cccc(Oc2ccccc2)c1. The number of amides is 1. The molecule has 1 aliphatic rings. The summed E-state index contributed by atoms with van der Waals surface area (Å²) in [6.07, 6.45) is 5.94. The minimum atomic E-state index is -3.84. The van der Waals surface area contributed by atoms with Crippen LogP contribution < -0.4 is 10.2 Å². The van der Waals surface area contributed by atoms with Crippen molar-refractivity contribution in [2.24, 2.45) is 5.10 Å². The predicted molar refractivity (Wildman–Crippen MR) is 144 cm³/mol. The number of carbonyl (C=O) groups excluding carboxylic acids is 1. The maximum Gasteiger partial charge on any atom is 0.255 e. The highest BCUT2D eigenvalue weighted by Crippen LogP contribution is 2.28. The number of carbonyl (C=O) groups is 1. The third-order valence-corrected chi connectivity index (χ3v) is 8.38. The molecule has 3 aromatic rings. The molecule has 188 valence electrons. The van der Waals surface area contributed by atoms with Gasteiger partial charge in [-0.1, -0.05) is 65.5 Å². The van der Waals surface area contributed by atoms with Gasteiger partial charge in [0, 0.05) is 10.5 Å². The number of hydrogen-bond acceptors (Lipinski definition) is 5. The van der Waals surface area contributed by atoms with E-state index in [1.54, 1.807) is 30.3 Å². The van der Waals surface area contributed by atoms with Gasteiger partial charge in [0.15, 0.2) is 0 Å². The van der Waals surface area contributed by atoms with E-state index >= 15 is 0 Å². The lowest BCUT2D eigenvalue weighted by atomic mass is 9.95. The van der Waals surface area contributed by atoms with E-state index in [9.17, 15) is 13.2 Å². The Morgan fingerprint density at radius 3 is 2.39 bits per heavy atom. The minimum Gasteiger partial charge on any atom is -0.457 e. The molecule has 0 aliphatic heterocycles. The molecule has 1 saturated carbocycles. The van der Waals surface area contributed by atoms with Crippen molar-refractivity contribution in [3.8, 4) is 11.5 Å². The van der Waals surface area contributed by atoms with Gasteiger partial charge in [-0.2, -0.15) is 9.41 Å². The van der Waals surface area contributed by atoms with E-state index in [2.05, 4.69) is 26.5 Å². The number of nitrogens with zero attached hydrogens (tertiary/aromatic N) is 2. The van der Waals surface area contributed by atoms with Crippen molar-refractivity contribution in [1.29, 1.82) is 0 Å². The zero-order valence-corrected chi connectivity index (χ0v) is 22.1. The van der Waals surface area contributed by atoms with E-state index in [-0.39, 0.29) is 17.5 Å². The fourth-order valence-electron chi connectivity index (χ4n) is 4.16. The summed E-state index contributed by atoms with van der Waals surface area (Å²) < 4.78 is 34.8. The summed E-state index contributed by atoms with van der Waals surface area (Å²) in [6.45, 7) is -0.294. The first-order valence-corrected chi connectivity index (χ1v) is 14.1. The van der Waals surface area contributed by atoms with Crippen molar-refractivity contribution in [1.82, 2.24) is 9.73 Å². The molecule has 0 unspecified atom stereocenters. The van der Waals surface area contributed by atoms with Gasteiger partial charge >= 0.3 is 0 Å². The lowest BCUT2D eigenvalue weighted by Crippen LogP contribution is -2.46. The number of hydrazone groups is 1. The average molecular weight is 571 g/mol. The van der Waals surface area contributed by atoms with Crippen LogP contribution in [-0.4, -0.2) is 37.4 Å². The van der Waals surface area contributed by atoms with Gasteiger partial charge in [-0.25, -0.2) is 13.8 Å². The summed E-state index contributed by atoms with van der Waals surface area (Å²) >= 11 is 3.34. The Morgan fingerprint density at radius 1 is 0.972 bits per heavy atom. The molecule has 0 aromatic heterocycles. The van der Waals surface area contributed by atoms with Gasteiger partial charge in [0.25, 0.3) is 5.91 Å². The molecule has 9 heteroatoms. The van der Waals surface area contributed by atoms with Crippen molar-refractivity contribution in [3.05, 3.63) is 88.9 Å². The van der Waals surface area contributed by atoms with E-state index in [0.717, 1.165) is 47.9 Å². The van der Waals surface area contributed by atoms with Gasteiger partial charge in [0.05, 0.1) is 17.7 Å². The first-order valence-electron chi connectivity index (χ1n) is 11.8. The van der Waals surface area contributed by atoms with Crippen molar-refractivity contribution >= 4 is 38.1 Å². The Kier molecular flexibility index (Phi) is 8.90. The van der Waals surface area contributed by atoms with Crippen LogP contribution in [0.3, 0.4) is 0 Å². The molecule has 0 atom stereocenters. The average Bonchev–Trinajstić information content (AvgIpc) is 2.89. The number of benzene rings is 3. The number of hydrogen-bond donors (Lipinski definition) is 1. The first-order chi connectivity index (χ1) is 17.4. The molecule has 1 fully saturated rings. The Balaban J connectivity index is 1.43. The summed E-state index contributed by atoms with van der Waals surface area (Å²) in [5.74, 6) is 0.865. The van der Waals surface area contributed by atoms with Crippen molar-refractivity contribution in [2.45, 2.75) is 43.0 Å². The summed E-state index contributed by atoms with van der Waals surface area (Å²) in [7, 11) is -3.84. The number of ether oxygens (including phenoxy) is 1. The molecule has 1 N–H and O–H groups in total. The van der Waals surface area contributed by atoms with Gasteiger partial charge in [-0.3, -0.25) is 4.79 Å². The van der Waals surface area contributed by atoms with E-state index in [4.69, 9.17) is 4.74 Å². The number of halogens is 1. The maximum absolute atomic E-state index is 13.4. The fraction of sp³-hybridized carbons (Fsp3) is 0.259. The normalized spacial score (nSPS) is 14.7. The molecule has 7 nitrogen and oxygen atoms in total. The monoisotopic (exact) mass is 569 g/mol. The summed E-state index contributed by atoms with van der Waals surface area (Å²) in [5.41, 5.74) is 3.21. The number of sulfonamides is 1. The van der Waals surface area contributed by atoms with Gasteiger partial charge < -0.3 is 4.74 Å². The Bertz CT molecular complexity index is 1290. The quantitative estimate of drug-likeness (QED) is 0.264. The fourth-order valence-corrected chi connectivity index (χ4v) is 6.07. The standard InChI is InChI=1S/C27H28BrN3O4S/c28-22-14-16-26(17-15-22)36(33,34)31(23-9-3-1-4-10-23)20-27(32)30-29-19-21-8-7-13-25(18-21)35-24-11-5-2-6-12-24/h2,5-8,11-19,23H,1,3-4,9-10,20H2,(H,30,32)/b29-19-. The van der Waals surface area contributed by atoms with Gasteiger partial charge in [0.1, 0.15) is 11.5 Å². The topological polar surface area (TPSA) is 88.1 Å². The Hall–Kier alpha value is -3.01. The molecule has 3 aromatic carbocycles. The molecule has 0 heterocycles. The molecule has 1 amide bonds. The van der Waals surface area contributed by atoms with Crippen LogP contribution >= 0.6 is 15.9 Å². The Morgan fingerprint density at radius 2 is 1.67 bits per heavy atom. The summed E-state index contributed by atoms with van der Waals surface area (Å²) in [6, 6.07) is 23.0. The second-order valence-corrected chi connectivity index (χ2v) is 11.4. The number of nitrogens with one attached hydrogen (secondary N) is 1. The molecular formula is C27H28BrN3O4S. The molecular weight excluding hydrogens is 542 g/mol. The smallest absolute Gasteiger partial charge is 0.255 e. The van der Waals surface area contributed by atoms with Crippen LogP contribution in [0.4, 0.5) is 0 Å². The lowest BCUT2D eigenvalue weighted by molar-refractivity contribution is -0.121. The third kappa shape index (κ3) is 7.02. The van der Waals surface area contributed by atoms with Gasteiger partial charge in [-0.15, -0.1) is 0 Å². The Labute approximate surface area is 220 Å². The van der Waals surface area contributed by atoms with Crippen LogP contribution in [0.5, 0.6) is 11.5 Å². The third-order valence-electron chi connectivity index (χ3n) is 5.94. The largest absolute Gasteiger partial charge is 0.457 e. The van der Waals surface area contributed by atoms with E-state index < -0.39 is 15.9 Å². The van der Waals surface area contributed by atoms with Crippen molar-refractivity contribution in [3.63, 3.8) is 0 Å². The molecule has 1 aliphatic carbocycles. The van der Waals surface area contributed by atoms with Crippen LogP contribution in [0.25, 0.3) is 0 Å². The molecule has 0 bridgehead atoms. The number of rotatable bonds is 9. The lowest BCUT2D eigenvalue weighted by Gasteiger charge is -2.32. The zero-order valence-electron chi connectivity index (χ0n) is 19.7.